The highest BCUT2D eigenvalue weighted by Gasteiger charge is 2.39. The van der Waals surface area contributed by atoms with E-state index in [9.17, 15) is 4.79 Å². The summed E-state index contributed by atoms with van der Waals surface area (Å²) < 4.78 is 0. The topological polar surface area (TPSA) is 17.1 Å². The number of hydrogen-bond donors (Lipinski definition) is 0. The summed E-state index contributed by atoms with van der Waals surface area (Å²) >= 11 is 12.4. The Hall–Kier alpha value is -0.270. The van der Waals surface area contributed by atoms with Crippen LogP contribution in [-0.4, -0.2) is 5.78 Å². The third kappa shape index (κ3) is 7.38. The average molecular weight is 508 g/mol. The van der Waals surface area contributed by atoms with Gasteiger partial charge < -0.3 is 0 Å². The third-order valence-corrected chi connectivity index (χ3v) is 10.5. The number of carbonyl (C=O) groups is 1. The lowest BCUT2D eigenvalue weighted by atomic mass is 9.64. The second kappa shape index (κ2) is 13.9. The maximum Gasteiger partial charge on any atom is 0.187 e. The van der Waals surface area contributed by atoms with Crippen LogP contribution in [0.15, 0.2) is 22.2 Å². The van der Waals surface area contributed by atoms with Crippen molar-refractivity contribution in [2.24, 2.45) is 35.5 Å². The number of rotatable bonds is 12. The zero-order chi connectivity index (χ0) is 23.8. The van der Waals surface area contributed by atoms with E-state index in [-0.39, 0.29) is 5.78 Å². The molecule has 3 heteroatoms. The van der Waals surface area contributed by atoms with Gasteiger partial charge in [-0.1, -0.05) is 126 Å². The van der Waals surface area contributed by atoms with Crippen molar-refractivity contribution in [2.45, 2.75) is 128 Å². The molecule has 0 spiro atoms. The molecule has 4 aliphatic rings. The van der Waals surface area contributed by atoms with Gasteiger partial charge in [-0.25, -0.2) is 0 Å². The van der Waals surface area contributed by atoms with Gasteiger partial charge >= 0.3 is 0 Å². The summed E-state index contributed by atoms with van der Waals surface area (Å²) in [4.78, 5) is 13.3. The van der Waals surface area contributed by atoms with Crippen LogP contribution in [0.5, 0.6) is 0 Å². The third-order valence-electron chi connectivity index (χ3n) is 10.0. The van der Waals surface area contributed by atoms with Gasteiger partial charge in [-0.3, -0.25) is 4.79 Å². The van der Waals surface area contributed by atoms with Crippen LogP contribution in [0, 0.1) is 35.5 Å². The fourth-order valence-corrected chi connectivity index (χ4v) is 8.16. The molecule has 34 heavy (non-hydrogen) atoms. The van der Waals surface area contributed by atoms with Crippen molar-refractivity contribution >= 4 is 29.0 Å². The van der Waals surface area contributed by atoms with E-state index in [0.717, 1.165) is 60.5 Å². The Balaban J connectivity index is 1.13. The molecule has 0 aromatic heterocycles. The van der Waals surface area contributed by atoms with Crippen molar-refractivity contribution in [3.63, 3.8) is 0 Å². The van der Waals surface area contributed by atoms with Gasteiger partial charge in [0.2, 0.25) is 0 Å². The molecule has 0 amide bonds. The summed E-state index contributed by atoms with van der Waals surface area (Å²) in [6.45, 7) is 0. The Morgan fingerprint density at radius 2 is 0.912 bits per heavy atom. The number of hydrogen-bond acceptors (Lipinski definition) is 1. The van der Waals surface area contributed by atoms with Crippen LogP contribution in [0.4, 0.5) is 0 Å². The molecular weight excluding hydrogens is 459 g/mol. The molecule has 4 rings (SSSR count). The molecule has 0 aromatic carbocycles. The lowest BCUT2D eigenvalue weighted by molar-refractivity contribution is -0.114. The first-order valence-electron chi connectivity index (χ1n) is 14.8. The van der Waals surface area contributed by atoms with Gasteiger partial charge in [0.15, 0.2) is 5.78 Å². The predicted octanol–water partition coefficient (Wildman–Crippen LogP) is 10.4. The van der Waals surface area contributed by atoms with E-state index >= 15 is 0 Å². The lowest BCUT2D eigenvalue weighted by Crippen LogP contribution is -2.33. The van der Waals surface area contributed by atoms with E-state index in [2.05, 4.69) is 0 Å². The minimum Gasteiger partial charge on any atom is -0.289 e. The zero-order valence-electron chi connectivity index (χ0n) is 21.4. The minimum absolute atomic E-state index is 0.140. The van der Waals surface area contributed by atoms with Crippen LogP contribution in [0.2, 0.25) is 0 Å². The summed E-state index contributed by atoms with van der Waals surface area (Å²) in [6, 6.07) is 0. The largest absolute Gasteiger partial charge is 0.289 e. The molecule has 1 nitrogen and oxygen atoms in total. The highest BCUT2D eigenvalue weighted by atomic mass is 35.5. The molecule has 4 saturated carbocycles. The maximum absolute atomic E-state index is 13.3. The fourth-order valence-electron chi connectivity index (χ4n) is 7.61. The molecule has 0 bridgehead atoms. The molecule has 0 heterocycles. The lowest BCUT2D eigenvalue weighted by Gasteiger charge is -2.40. The van der Waals surface area contributed by atoms with E-state index < -0.39 is 0 Å². The molecule has 0 aliphatic heterocycles. The summed E-state index contributed by atoms with van der Waals surface area (Å²) in [5, 5.41) is 0. The Morgan fingerprint density at radius 3 is 1.26 bits per heavy atom. The Morgan fingerprint density at radius 1 is 0.559 bits per heavy atom. The molecule has 4 aliphatic carbocycles. The first-order valence-corrected chi connectivity index (χ1v) is 15.7. The van der Waals surface area contributed by atoms with Gasteiger partial charge in [0, 0.05) is 22.2 Å². The number of carbonyl (C=O) groups excluding carboxylic acids is 1. The average Bonchev–Trinajstić information content (AvgIpc) is 2.82. The van der Waals surface area contributed by atoms with Gasteiger partial charge in [-0.2, -0.15) is 0 Å². The van der Waals surface area contributed by atoms with Crippen molar-refractivity contribution in [1.29, 1.82) is 0 Å². The van der Waals surface area contributed by atoms with Crippen LogP contribution in [0.3, 0.4) is 0 Å². The first kappa shape index (κ1) is 26.8. The molecule has 0 radical (unpaired) electrons. The van der Waals surface area contributed by atoms with Crippen molar-refractivity contribution in [2.75, 3.05) is 0 Å². The van der Waals surface area contributed by atoms with E-state index in [1.54, 1.807) is 11.1 Å². The molecule has 0 saturated heterocycles. The van der Waals surface area contributed by atoms with E-state index in [4.69, 9.17) is 23.2 Å². The molecule has 0 N–H and O–H groups in total. The molecule has 0 atom stereocenters. The summed E-state index contributed by atoms with van der Waals surface area (Å²) in [5.41, 5.74) is 4.81. The standard InChI is InChI=1S/C31H48Cl2O/c32-21-29(27-17-25(18-27)15-7-13-23-9-3-1-4-10-23)31(34)30(22-33)28-19-26(20-28)16-8-14-24-11-5-2-6-12-24/h21-28H,1-20H2/t25-,26-,27-,28-. The van der Waals surface area contributed by atoms with Crippen LogP contribution < -0.4 is 0 Å². The Bertz CT molecular complexity index is 628. The second-order valence-corrected chi connectivity index (χ2v) is 12.8. The van der Waals surface area contributed by atoms with Crippen LogP contribution >= 0.6 is 23.2 Å². The SMILES string of the molecule is O=C(C(=CCl)[C@H]1C[C@H](CCCC2CCCCC2)C1)C(=CCl)[C@H]1C[C@H](CCCC2CCCCC2)C1. The van der Waals surface area contributed by atoms with Gasteiger partial charge in [0.25, 0.3) is 0 Å². The van der Waals surface area contributed by atoms with Gasteiger partial charge in [0.1, 0.15) is 0 Å². The second-order valence-electron chi connectivity index (χ2n) is 12.4. The summed E-state index contributed by atoms with van der Waals surface area (Å²) in [5.74, 6) is 4.38. The van der Waals surface area contributed by atoms with Crippen molar-refractivity contribution in [3.05, 3.63) is 22.2 Å². The van der Waals surface area contributed by atoms with Gasteiger partial charge in [-0.05, 0) is 61.2 Å². The van der Waals surface area contributed by atoms with Gasteiger partial charge in [-0.15, -0.1) is 0 Å². The van der Waals surface area contributed by atoms with Crippen LogP contribution in [0.25, 0.3) is 0 Å². The number of Topliss-reactive ketones (excluding diaryl/α,β-unsaturated/α-hetero) is 1. The number of ketones is 1. The van der Waals surface area contributed by atoms with Gasteiger partial charge in [0.05, 0.1) is 0 Å². The molecule has 0 aromatic rings. The van der Waals surface area contributed by atoms with Crippen molar-refractivity contribution in [1.82, 2.24) is 0 Å². The van der Waals surface area contributed by atoms with E-state index in [1.165, 1.54) is 103 Å². The normalized spacial score (nSPS) is 31.7. The maximum atomic E-state index is 13.3. The molecule has 0 unspecified atom stereocenters. The van der Waals surface area contributed by atoms with E-state index in [0.29, 0.717) is 11.8 Å². The fraction of sp³-hybridized carbons (Fsp3) is 0.839. The monoisotopic (exact) mass is 506 g/mol. The Kier molecular flexibility index (Phi) is 10.9. The Labute approximate surface area is 219 Å². The predicted molar refractivity (Wildman–Crippen MR) is 146 cm³/mol. The molecule has 4 fully saturated rings. The summed E-state index contributed by atoms with van der Waals surface area (Å²) in [7, 11) is 0. The minimum atomic E-state index is 0.140. The van der Waals surface area contributed by atoms with Crippen molar-refractivity contribution in [3.8, 4) is 0 Å². The molecular formula is C31H48Cl2O. The summed E-state index contributed by atoms with van der Waals surface area (Å²) in [6.07, 6.45) is 27.3. The van der Waals surface area contributed by atoms with Crippen molar-refractivity contribution < 1.29 is 4.79 Å². The first-order chi connectivity index (χ1) is 16.7. The highest BCUT2D eigenvalue weighted by molar-refractivity contribution is 6.31. The van der Waals surface area contributed by atoms with Crippen LogP contribution in [-0.2, 0) is 4.79 Å². The van der Waals surface area contributed by atoms with Crippen LogP contribution in [0.1, 0.15) is 128 Å². The highest BCUT2D eigenvalue weighted by Crippen LogP contribution is 2.47. The molecule has 192 valence electrons. The number of halogens is 2. The van der Waals surface area contributed by atoms with E-state index in [1.807, 2.05) is 0 Å². The quantitative estimate of drug-likeness (QED) is 0.240. The smallest absolute Gasteiger partial charge is 0.187 e. The number of allylic oxidation sites excluding steroid dienone is 2. The zero-order valence-corrected chi connectivity index (χ0v) is 22.9.